The molecule has 78 valence electrons. The van der Waals surface area contributed by atoms with Crippen LogP contribution in [0.1, 0.15) is 19.8 Å². The Labute approximate surface area is 93.3 Å². The zero-order chi connectivity index (χ0) is 9.97. The van der Waals surface area contributed by atoms with Crippen molar-refractivity contribution in [3.63, 3.8) is 0 Å². The van der Waals surface area contributed by atoms with Gasteiger partial charge in [0.2, 0.25) is 5.13 Å². The van der Waals surface area contributed by atoms with E-state index in [4.69, 9.17) is 11.6 Å². The lowest BCUT2D eigenvalue weighted by molar-refractivity contribution is 0.400. The molecule has 1 aromatic heterocycles. The zero-order valence-electron chi connectivity index (χ0n) is 8.19. The van der Waals surface area contributed by atoms with Gasteiger partial charge < -0.3 is 4.90 Å². The molecule has 5 heteroatoms. The van der Waals surface area contributed by atoms with Crippen LogP contribution in [0.15, 0.2) is 6.33 Å². The Morgan fingerprint density at radius 2 is 2.29 bits per heavy atom. The Morgan fingerprint density at radius 1 is 1.57 bits per heavy atom. The Hall–Kier alpha value is -0.350. The van der Waals surface area contributed by atoms with Gasteiger partial charge in [0, 0.05) is 30.0 Å². The summed E-state index contributed by atoms with van der Waals surface area (Å²) in [4.78, 5) is 6.51. The number of halogens is 1. The molecule has 0 bridgehead atoms. The minimum absolute atomic E-state index is 0.298. The molecule has 0 saturated carbocycles. The molecule has 3 nitrogen and oxygen atoms in total. The Kier molecular flexibility index (Phi) is 3.23. The van der Waals surface area contributed by atoms with E-state index in [9.17, 15) is 0 Å². The van der Waals surface area contributed by atoms with E-state index in [-0.39, 0.29) is 0 Å². The molecular weight excluding hydrogens is 218 g/mol. The predicted molar refractivity (Wildman–Crippen MR) is 60.2 cm³/mol. The van der Waals surface area contributed by atoms with E-state index in [0.29, 0.717) is 11.3 Å². The quantitative estimate of drug-likeness (QED) is 0.732. The maximum atomic E-state index is 6.09. The van der Waals surface area contributed by atoms with Crippen LogP contribution in [0.4, 0.5) is 5.13 Å². The summed E-state index contributed by atoms with van der Waals surface area (Å²) in [6.45, 7) is 4.22. The third kappa shape index (κ3) is 2.17. The van der Waals surface area contributed by atoms with Crippen molar-refractivity contribution in [3.05, 3.63) is 6.33 Å². The average Bonchev–Trinajstić information content (AvgIpc) is 2.71. The van der Waals surface area contributed by atoms with Crippen molar-refractivity contribution in [1.82, 2.24) is 9.36 Å². The van der Waals surface area contributed by atoms with Crippen LogP contribution in [0.25, 0.3) is 0 Å². The highest BCUT2D eigenvalue weighted by molar-refractivity contribution is 7.09. The monoisotopic (exact) mass is 231 g/mol. The van der Waals surface area contributed by atoms with Gasteiger partial charge >= 0.3 is 0 Å². The summed E-state index contributed by atoms with van der Waals surface area (Å²) < 4.78 is 4.01. The van der Waals surface area contributed by atoms with Gasteiger partial charge in [0.25, 0.3) is 0 Å². The first-order valence-corrected chi connectivity index (χ1v) is 6.14. The Bertz CT molecular complexity index is 268. The zero-order valence-corrected chi connectivity index (χ0v) is 9.76. The summed E-state index contributed by atoms with van der Waals surface area (Å²) in [7, 11) is 0. The fourth-order valence-electron chi connectivity index (χ4n) is 1.86. The van der Waals surface area contributed by atoms with E-state index >= 15 is 0 Å². The van der Waals surface area contributed by atoms with E-state index in [1.165, 1.54) is 24.4 Å². The molecule has 1 fully saturated rings. The molecule has 0 aromatic carbocycles. The molecule has 2 heterocycles. The summed E-state index contributed by atoms with van der Waals surface area (Å²) >= 11 is 7.56. The van der Waals surface area contributed by atoms with E-state index in [2.05, 4.69) is 21.2 Å². The van der Waals surface area contributed by atoms with Gasteiger partial charge in [-0.1, -0.05) is 0 Å². The second-order valence-electron chi connectivity index (χ2n) is 3.73. The first-order valence-electron chi connectivity index (χ1n) is 4.93. The number of rotatable bonds is 2. The smallest absolute Gasteiger partial charge is 0.204 e. The van der Waals surface area contributed by atoms with Gasteiger partial charge in [-0.2, -0.15) is 4.37 Å². The molecule has 1 aliphatic heterocycles. The summed E-state index contributed by atoms with van der Waals surface area (Å²) in [5.74, 6) is 0.667. The van der Waals surface area contributed by atoms with Gasteiger partial charge in [-0.25, -0.2) is 4.98 Å². The molecule has 14 heavy (non-hydrogen) atoms. The van der Waals surface area contributed by atoms with E-state index in [0.717, 1.165) is 18.2 Å². The number of hydrogen-bond acceptors (Lipinski definition) is 4. The first kappa shape index (κ1) is 10.2. The highest BCUT2D eigenvalue weighted by Gasteiger charge is 2.23. The molecule has 0 radical (unpaired) electrons. The van der Waals surface area contributed by atoms with Crippen LogP contribution >= 0.6 is 23.1 Å². The van der Waals surface area contributed by atoms with Crippen LogP contribution in [0.2, 0.25) is 0 Å². The second-order valence-corrected chi connectivity index (χ2v) is 5.17. The first-order chi connectivity index (χ1) is 6.77. The Morgan fingerprint density at radius 3 is 2.79 bits per heavy atom. The molecule has 0 N–H and O–H groups in total. The highest BCUT2D eigenvalue weighted by Crippen LogP contribution is 2.27. The lowest BCUT2D eigenvalue weighted by atomic mass is 9.94. The molecule has 1 atom stereocenters. The van der Waals surface area contributed by atoms with Crippen molar-refractivity contribution in [2.45, 2.75) is 25.1 Å². The summed E-state index contributed by atoms with van der Waals surface area (Å²) in [5, 5.41) is 1.34. The molecule has 1 saturated heterocycles. The van der Waals surface area contributed by atoms with Crippen LogP contribution < -0.4 is 4.90 Å². The molecular formula is C9H14ClN3S. The third-order valence-corrected chi connectivity index (χ3v) is 3.89. The molecule has 0 spiro atoms. The van der Waals surface area contributed by atoms with Crippen molar-refractivity contribution in [1.29, 1.82) is 0 Å². The number of alkyl halides is 1. The van der Waals surface area contributed by atoms with Gasteiger partial charge in [-0.3, -0.25) is 0 Å². The largest absolute Gasteiger partial charge is 0.347 e. The average molecular weight is 232 g/mol. The number of nitrogens with zero attached hydrogens (tertiary/aromatic N) is 3. The van der Waals surface area contributed by atoms with Crippen molar-refractivity contribution >= 4 is 28.3 Å². The van der Waals surface area contributed by atoms with Crippen LogP contribution in [-0.4, -0.2) is 27.8 Å². The molecule has 1 aliphatic rings. The van der Waals surface area contributed by atoms with Gasteiger partial charge in [-0.15, -0.1) is 11.6 Å². The highest BCUT2D eigenvalue weighted by atomic mass is 35.5. The maximum absolute atomic E-state index is 6.09. The van der Waals surface area contributed by atoms with Gasteiger partial charge in [-0.05, 0) is 25.7 Å². The molecule has 1 aromatic rings. The fourth-order valence-corrected chi connectivity index (χ4v) is 2.69. The molecule has 1 unspecified atom stereocenters. The minimum atomic E-state index is 0.298. The predicted octanol–water partition coefficient (Wildman–Crippen LogP) is 2.38. The van der Waals surface area contributed by atoms with E-state index in [1.54, 1.807) is 6.33 Å². The minimum Gasteiger partial charge on any atom is -0.347 e. The van der Waals surface area contributed by atoms with Crippen molar-refractivity contribution in [2.75, 3.05) is 18.0 Å². The third-order valence-electron chi connectivity index (χ3n) is 2.81. The molecule has 0 amide bonds. The van der Waals surface area contributed by atoms with Gasteiger partial charge in [0.05, 0.1) is 0 Å². The Balaban J connectivity index is 1.90. The summed E-state index contributed by atoms with van der Waals surface area (Å²) in [6, 6.07) is 0. The van der Waals surface area contributed by atoms with Crippen molar-refractivity contribution in [2.24, 2.45) is 5.92 Å². The lowest BCUT2D eigenvalue weighted by Crippen LogP contribution is -2.35. The van der Waals surface area contributed by atoms with E-state index < -0.39 is 0 Å². The second kappa shape index (κ2) is 4.45. The molecule has 0 aliphatic carbocycles. The summed E-state index contributed by atoms with van der Waals surface area (Å²) in [6.07, 6.45) is 3.96. The lowest BCUT2D eigenvalue weighted by Gasteiger charge is -2.32. The van der Waals surface area contributed by atoms with Crippen LogP contribution in [0, 0.1) is 5.92 Å². The van der Waals surface area contributed by atoms with Crippen LogP contribution in [-0.2, 0) is 0 Å². The fraction of sp³-hybridized carbons (Fsp3) is 0.778. The number of aromatic nitrogens is 2. The van der Waals surface area contributed by atoms with Crippen LogP contribution in [0.5, 0.6) is 0 Å². The van der Waals surface area contributed by atoms with Crippen LogP contribution in [0.3, 0.4) is 0 Å². The maximum Gasteiger partial charge on any atom is 0.204 e. The SMILES string of the molecule is CC(Cl)C1CCN(c2ncns2)CC1. The van der Waals surface area contributed by atoms with E-state index in [1.807, 2.05) is 0 Å². The van der Waals surface area contributed by atoms with Gasteiger partial charge in [0.1, 0.15) is 6.33 Å². The molecule has 2 rings (SSSR count). The summed E-state index contributed by atoms with van der Waals surface area (Å²) in [5.41, 5.74) is 0. The van der Waals surface area contributed by atoms with Crippen molar-refractivity contribution < 1.29 is 0 Å². The van der Waals surface area contributed by atoms with Gasteiger partial charge in [0.15, 0.2) is 0 Å². The normalized spacial score (nSPS) is 21.1. The number of hydrogen-bond donors (Lipinski definition) is 0. The number of piperidine rings is 1. The number of anilines is 1. The topological polar surface area (TPSA) is 29.0 Å². The standard InChI is InChI=1S/C9H14ClN3S/c1-7(10)8-2-4-13(5-3-8)9-11-6-12-14-9/h6-8H,2-5H2,1H3. The van der Waals surface area contributed by atoms with Crippen molar-refractivity contribution in [3.8, 4) is 0 Å².